The first kappa shape index (κ1) is 12.7. The van der Waals surface area contributed by atoms with Crippen molar-refractivity contribution in [2.24, 2.45) is 0 Å². The van der Waals surface area contributed by atoms with Crippen molar-refractivity contribution in [2.75, 3.05) is 13.1 Å². The number of nitrogens with zero attached hydrogens (tertiary/aromatic N) is 2. The first-order valence-electron chi connectivity index (χ1n) is 6.78. The van der Waals surface area contributed by atoms with E-state index in [-0.39, 0.29) is 5.91 Å². The molecule has 1 saturated heterocycles. The predicted octanol–water partition coefficient (Wildman–Crippen LogP) is 3.66. The number of hydrogen-bond acceptors (Lipinski definition) is 1. The summed E-state index contributed by atoms with van der Waals surface area (Å²) in [5.41, 5.74) is 1.96. The molecule has 0 bridgehead atoms. The van der Waals surface area contributed by atoms with Gasteiger partial charge in [0.2, 0.25) is 0 Å². The topological polar surface area (TPSA) is 25.2 Å². The number of halogens is 1. The monoisotopic (exact) mass is 320 g/mol. The molecule has 0 saturated carbocycles. The lowest BCUT2D eigenvalue weighted by atomic mass is 10.1. The van der Waals surface area contributed by atoms with Crippen molar-refractivity contribution in [2.45, 2.75) is 26.3 Å². The molecule has 3 nitrogen and oxygen atoms in total. The van der Waals surface area contributed by atoms with Gasteiger partial charge in [0.1, 0.15) is 0 Å². The molecule has 0 N–H and O–H groups in total. The third-order valence-electron chi connectivity index (χ3n) is 3.81. The van der Waals surface area contributed by atoms with Crippen LogP contribution in [-0.4, -0.2) is 28.5 Å². The highest BCUT2D eigenvalue weighted by atomic mass is 79.9. The van der Waals surface area contributed by atoms with Crippen LogP contribution in [0.1, 0.15) is 30.1 Å². The first-order chi connectivity index (χ1) is 9.20. The van der Waals surface area contributed by atoms with Gasteiger partial charge in [-0.1, -0.05) is 22.0 Å². The fourth-order valence-corrected chi connectivity index (χ4v) is 3.14. The van der Waals surface area contributed by atoms with E-state index in [2.05, 4.69) is 33.5 Å². The Morgan fingerprint density at radius 3 is 2.74 bits per heavy atom. The van der Waals surface area contributed by atoms with E-state index in [0.29, 0.717) is 0 Å². The SMILES string of the molecule is CCn1cc(C(=O)N2CCCC2)c2ccc(Br)cc21. The van der Waals surface area contributed by atoms with E-state index in [4.69, 9.17) is 0 Å². The zero-order valence-electron chi connectivity index (χ0n) is 11.0. The van der Waals surface area contributed by atoms with Crippen LogP contribution in [0.4, 0.5) is 0 Å². The third-order valence-corrected chi connectivity index (χ3v) is 4.30. The Morgan fingerprint density at radius 2 is 2.05 bits per heavy atom. The van der Waals surface area contributed by atoms with Crippen LogP contribution in [0.2, 0.25) is 0 Å². The van der Waals surface area contributed by atoms with Crippen LogP contribution in [0.5, 0.6) is 0 Å². The number of aryl methyl sites for hydroxylation is 1. The number of likely N-dealkylation sites (tertiary alicyclic amines) is 1. The van der Waals surface area contributed by atoms with Crippen LogP contribution in [0, 0.1) is 0 Å². The van der Waals surface area contributed by atoms with Gasteiger partial charge in [0.15, 0.2) is 0 Å². The van der Waals surface area contributed by atoms with Gasteiger partial charge in [-0.05, 0) is 31.9 Å². The molecule has 1 fully saturated rings. The number of hydrogen-bond donors (Lipinski definition) is 0. The first-order valence-corrected chi connectivity index (χ1v) is 7.57. The van der Waals surface area contributed by atoms with Gasteiger partial charge in [0, 0.05) is 41.2 Å². The highest BCUT2D eigenvalue weighted by molar-refractivity contribution is 9.10. The zero-order valence-corrected chi connectivity index (χ0v) is 12.6. The maximum atomic E-state index is 12.6. The number of rotatable bonds is 2. The molecule has 1 aromatic carbocycles. The lowest BCUT2D eigenvalue weighted by molar-refractivity contribution is 0.0794. The zero-order chi connectivity index (χ0) is 13.4. The summed E-state index contributed by atoms with van der Waals surface area (Å²) < 4.78 is 3.19. The molecule has 1 aromatic heterocycles. The number of benzene rings is 1. The molecule has 2 heterocycles. The van der Waals surface area contributed by atoms with Crippen molar-refractivity contribution in [1.29, 1.82) is 0 Å². The standard InChI is InChI=1S/C15H17BrN2O/c1-2-17-10-13(15(19)18-7-3-4-8-18)12-6-5-11(16)9-14(12)17/h5-6,9-10H,2-4,7-8H2,1H3. The summed E-state index contributed by atoms with van der Waals surface area (Å²) in [6, 6.07) is 6.12. The largest absolute Gasteiger partial charge is 0.347 e. The Morgan fingerprint density at radius 1 is 1.32 bits per heavy atom. The van der Waals surface area contributed by atoms with Crippen molar-refractivity contribution >= 4 is 32.7 Å². The molecular formula is C15H17BrN2O. The fraction of sp³-hybridized carbons (Fsp3) is 0.400. The summed E-state index contributed by atoms with van der Waals surface area (Å²) in [4.78, 5) is 14.5. The van der Waals surface area contributed by atoms with Crippen LogP contribution in [0.25, 0.3) is 10.9 Å². The number of carbonyl (C=O) groups excluding carboxylic acids is 1. The van der Waals surface area contributed by atoms with Gasteiger partial charge in [-0.3, -0.25) is 4.79 Å². The Balaban J connectivity index is 2.10. The van der Waals surface area contributed by atoms with Crippen LogP contribution in [0.15, 0.2) is 28.9 Å². The van der Waals surface area contributed by atoms with Gasteiger partial charge >= 0.3 is 0 Å². The summed E-state index contributed by atoms with van der Waals surface area (Å²) in [5, 5.41) is 1.06. The van der Waals surface area contributed by atoms with Gasteiger partial charge in [-0.25, -0.2) is 0 Å². The Kier molecular flexibility index (Phi) is 3.35. The van der Waals surface area contributed by atoms with E-state index >= 15 is 0 Å². The van der Waals surface area contributed by atoms with E-state index < -0.39 is 0 Å². The lowest BCUT2D eigenvalue weighted by Gasteiger charge is -2.14. The molecule has 1 aliphatic rings. The second-order valence-electron chi connectivity index (χ2n) is 4.99. The van der Waals surface area contributed by atoms with Crippen LogP contribution in [0.3, 0.4) is 0 Å². The van der Waals surface area contributed by atoms with Gasteiger partial charge < -0.3 is 9.47 Å². The maximum absolute atomic E-state index is 12.6. The summed E-state index contributed by atoms with van der Waals surface area (Å²) in [7, 11) is 0. The number of carbonyl (C=O) groups is 1. The molecular weight excluding hydrogens is 304 g/mol. The number of fused-ring (bicyclic) bond motifs is 1. The van der Waals surface area contributed by atoms with Gasteiger partial charge in [-0.2, -0.15) is 0 Å². The summed E-state index contributed by atoms with van der Waals surface area (Å²) >= 11 is 3.50. The fourth-order valence-electron chi connectivity index (χ4n) is 2.79. The lowest BCUT2D eigenvalue weighted by Crippen LogP contribution is -2.27. The average Bonchev–Trinajstić information content (AvgIpc) is 3.05. The molecule has 0 radical (unpaired) electrons. The molecule has 0 spiro atoms. The van der Waals surface area contributed by atoms with Crippen LogP contribution >= 0.6 is 15.9 Å². The molecule has 100 valence electrons. The van der Waals surface area contributed by atoms with E-state index in [1.165, 1.54) is 0 Å². The molecule has 2 aromatic rings. The van der Waals surface area contributed by atoms with E-state index in [1.54, 1.807) is 0 Å². The second-order valence-corrected chi connectivity index (χ2v) is 5.91. The molecule has 1 aliphatic heterocycles. The molecule has 1 amide bonds. The maximum Gasteiger partial charge on any atom is 0.256 e. The summed E-state index contributed by atoms with van der Waals surface area (Å²) in [6.07, 6.45) is 4.26. The van der Waals surface area contributed by atoms with Crippen molar-refractivity contribution < 1.29 is 4.79 Å². The molecule has 3 rings (SSSR count). The van der Waals surface area contributed by atoms with E-state index in [9.17, 15) is 4.79 Å². The highest BCUT2D eigenvalue weighted by Gasteiger charge is 2.23. The minimum atomic E-state index is 0.178. The summed E-state index contributed by atoms with van der Waals surface area (Å²) in [5.74, 6) is 0.178. The minimum Gasteiger partial charge on any atom is -0.347 e. The molecule has 19 heavy (non-hydrogen) atoms. The molecule has 0 unspecified atom stereocenters. The Bertz CT molecular complexity index is 626. The average molecular weight is 321 g/mol. The van der Waals surface area contributed by atoms with Crippen molar-refractivity contribution in [1.82, 2.24) is 9.47 Å². The smallest absolute Gasteiger partial charge is 0.256 e. The van der Waals surface area contributed by atoms with Gasteiger partial charge in [0.25, 0.3) is 5.91 Å². The minimum absolute atomic E-state index is 0.178. The number of amides is 1. The van der Waals surface area contributed by atoms with Crippen LogP contribution in [-0.2, 0) is 6.54 Å². The Labute approximate surface area is 121 Å². The van der Waals surface area contributed by atoms with Crippen LogP contribution < -0.4 is 0 Å². The quantitative estimate of drug-likeness (QED) is 0.829. The molecule has 0 atom stereocenters. The molecule has 0 aliphatic carbocycles. The van der Waals surface area contributed by atoms with E-state index in [0.717, 1.165) is 53.4 Å². The van der Waals surface area contributed by atoms with Gasteiger partial charge in [-0.15, -0.1) is 0 Å². The van der Waals surface area contributed by atoms with E-state index in [1.807, 2.05) is 23.2 Å². The van der Waals surface area contributed by atoms with Crippen molar-refractivity contribution in [3.63, 3.8) is 0 Å². The number of aromatic nitrogens is 1. The summed E-state index contributed by atoms with van der Waals surface area (Å²) in [6.45, 7) is 4.77. The van der Waals surface area contributed by atoms with Crippen molar-refractivity contribution in [3.8, 4) is 0 Å². The van der Waals surface area contributed by atoms with Crippen molar-refractivity contribution in [3.05, 3.63) is 34.4 Å². The van der Waals surface area contributed by atoms with Gasteiger partial charge in [0.05, 0.1) is 5.56 Å². The second kappa shape index (κ2) is 5.00. The third kappa shape index (κ3) is 2.18. The predicted molar refractivity (Wildman–Crippen MR) is 80.4 cm³/mol. The highest BCUT2D eigenvalue weighted by Crippen LogP contribution is 2.27. The normalized spacial score (nSPS) is 15.4. The Hall–Kier alpha value is -1.29. The molecule has 4 heteroatoms.